The van der Waals surface area contributed by atoms with Crippen LogP contribution in [0.25, 0.3) is 0 Å². The van der Waals surface area contributed by atoms with Crippen LogP contribution in [-0.2, 0) is 10.0 Å². The van der Waals surface area contributed by atoms with E-state index in [0.29, 0.717) is 18.4 Å². The SMILES string of the molecule is CC(C)C(C)CNS(=O)(=O)c1cn[nH]c1. The molecule has 6 heteroatoms. The minimum atomic E-state index is -3.39. The Hall–Kier alpha value is -0.880. The third-order valence-corrected chi connectivity index (χ3v) is 3.91. The minimum absolute atomic E-state index is 0.179. The molecule has 1 rings (SSSR count). The maximum atomic E-state index is 11.6. The summed E-state index contributed by atoms with van der Waals surface area (Å²) >= 11 is 0. The summed E-state index contributed by atoms with van der Waals surface area (Å²) in [4.78, 5) is 0.179. The zero-order valence-electron chi connectivity index (χ0n) is 9.19. The third kappa shape index (κ3) is 3.32. The van der Waals surface area contributed by atoms with E-state index in [1.807, 2.05) is 6.92 Å². The summed E-state index contributed by atoms with van der Waals surface area (Å²) < 4.78 is 25.9. The zero-order chi connectivity index (χ0) is 11.5. The molecule has 0 aliphatic rings. The summed E-state index contributed by atoms with van der Waals surface area (Å²) in [6, 6.07) is 0. The Morgan fingerprint density at radius 2 is 2.13 bits per heavy atom. The Morgan fingerprint density at radius 3 is 2.60 bits per heavy atom. The molecule has 0 radical (unpaired) electrons. The lowest BCUT2D eigenvalue weighted by Gasteiger charge is -2.15. The van der Waals surface area contributed by atoms with E-state index in [2.05, 4.69) is 28.8 Å². The number of H-pyrrole nitrogens is 1. The summed E-state index contributed by atoms with van der Waals surface area (Å²) in [5.74, 6) is 0.767. The molecule has 0 bridgehead atoms. The molecule has 1 atom stereocenters. The van der Waals surface area contributed by atoms with Gasteiger partial charge in [-0.1, -0.05) is 20.8 Å². The van der Waals surface area contributed by atoms with Gasteiger partial charge in [-0.05, 0) is 11.8 Å². The number of aromatic nitrogens is 2. The van der Waals surface area contributed by atoms with E-state index in [-0.39, 0.29) is 4.90 Å². The lowest BCUT2D eigenvalue weighted by Crippen LogP contribution is -2.30. The average Bonchev–Trinajstić information content (AvgIpc) is 2.67. The molecule has 15 heavy (non-hydrogen) atoms. The van der Waals surface area contributed by atoms with Crippen molar-refractivity contribution < 1.29 is 8.42 Å². The molecule has 1 unspecified atom stereocenters. The predicted molar refractivity (Wildman–Crippen MR) is 57.8 cm³/mol. The fourth-order valence-electron chi connectivity index (χ4n) is 0.946. The lowest BCUT2D eigenvalue weighted by molar-refractivity contribution is 0.414. The average molecular weight is 231 g/mol. The first kappa shape index (κ1) is 12.2. The summed E-state index contributed by atoms with van der Waals surface area (Å²) in [6.45, 7) is 6.60. The lowest BCUT2D eigenvalue weighted by atomic mass is 9.99. The molecule has 2 N–H and O–H groups in total. The zero-order valence-corrected chi connectivity index (χ0v) is 10.0. The van der Waals surface area contributed by atoms with Crippen molar-refractivity contribution in [2.24, 2.45) is 11.8 Å². The van der Waals surface area contributed by atoms with Gasteiger partial charge < -0.3 is 0 Å². The van der Waals surface area contributed by atoms with Crippen LogP contribution >= 0.6 is 0 Å². The van der Waals surface area contributed by atoms with Gasteiger partial charge in [0.25, 0.3) is 0 Å². The monoisotopic (exact) mass is 231 g/mol. The Labute approximate surface area is 90.3 Å². The molecule has 86 valence electrons. The second kappa shape index (κ2) is 4.76. The van der Waals surface area contributed by atoms with Crippen molar-refractivity contribution in [2.75, 3.05) is 6.54 Å². The summed E-state index contributed by atoms with van der Waals surface area (Å²) in [5, 5.41) is 6.08. The first-order valence-corrected chi connectivity index (χ1v) is 6.40. The van der Waals surface area contributed by atoms with Crippen LogP contribution < -0.4 is 4.72 Å². The van der Waals surface area contributed by atoms with Crippen molar-refractivity contribution in [3.63, 3.8) is 0 Å². The molecule has 0 saturated heterocycles. The van der Waals surface area contributed by atoms with E-state index in [4.69, 9.17) is 0 Å². The molecular weight excluding hydrogens is 214 g/mol. The van der Waals surface area contributed by atoms with Gasteiger partial charge in [-0.2, -0.15) is 5.10 Å². The third-order valence-electron chi connectivity index (χ3n) is 2.52. The van der Waals surface area contributed by atoms with Gasteiger partial charge in [0.05, 0.1) is 6.20 Å². The van der Waals surface area contributed by atoms with Crippen molar-refractivity contribution in [1.29, 1.82) is 0 Å². The molecule has 0 saturated carbocycles. The van der Waals surface area contributed by atoms with Gasteiger partial charge in [0, 0.05) is 12.7 Å². The Balaban J connectivity index is 2.59. The summed E-state index contributed by atoms with van der Waals surface area (Å²) in [6.07, 6.45) is 2.66. The van der Waals surface area contributed by atoms with E-state index >= 15 is 0 Å². The number of rotatable bonds is 5. The van der Waals surface area contributed by atoms with Crippen molar-refractivity contribution in [3.8, 4) is 0 Å². The molecule has 0 fully saturated rings. The van der Waals surface area contributed by atoms with Crippen LogP contribution in [0.4, 0.5) is 0 Å². The molecule has 1 aromatic rings. The molecule has 5 nitrogen and oxygen atoms in total. The molecule has 0 aromatic carbocycles. The fourth-order valence-corrected chi connectivity index (χ4v) is 1.99. The van der Waals surface area contributed by atoms with Gasteiger partial charge in [0.2, 0.25) is 10.0 Å². The van der Waals surface area contributed by atoms with Crippen LogP contribution in [0.15, 0.2) is 17.3 Å². The highest BCUT2D eigenvalue weighted by Gasteiger charge is 2.16. The second-order valence-electron chi connectivity index (χ2n) is 4.01. The first-order valence-electron chi connectivity index (χ1n) is 4.92. The van der Waals surface area contributed by atoms with Crippen LogP contribution in [0.2, 0.25) is 0 Å². The van der Waals surface area contributed by atoms with Crippen molar-refractivity contribution in [2.45, 2.75) is 25.7 Å². The van der Waals surface area contributed by atoms with E-state index in [1.165, 1.54) is 12.4 Å². The summed E-state index contributed by atoms with van der Waals surface area (Å²) in [5.41, 5.74) is 0. The molecule has 1 heterocycles. The van der Waals surface area contributed by atoms with Gasteiger partial charge >= 0.3 is 0 Å². The fraction of sp³-hybridized carbons (Fsp3) is 0.667. The molecular formula is C9H17N3O2S. The molecule has 0 amide bonds. The van der Waals surface area contributed by atoms with Crippen LogP contribution in [0.1, 0.15) is 20.8 Å². The Kier molecular flexibility index (Phi) is 3.87. The van der Waals surface area contributed by atoms with Crippen LogP contribution in [-0.4, -0.2) is 25.2 Å². The standard InChI is InChI=1S/C9H17N3O2S/c1-7(2)8(3)4-12-15(13,14)9-5-10-11-6-9/h5-8,12H,4H2,1-3H3,(H,10,11). The first-order chi connectivity index (χ1) is 6.93. The summed E-state index contributed by atoms with van der Waals surface area (Å²) in [7, 11) is -3.39. The number of hydrogen-bond donors (Lipinski definition) is 2. The normalized spacial score (nSPS) is 14.4. The second-order valence-corrected chi connectivity index (χ2v) is 5.77. The Bertz CT molecular complexity index is 383. The van der Waals surface area contributed by atoms with Crippen LogP contribution in [0.5, 0.6) is 0 Å². The number of nitrogens with zero attached hydrogens (tertiary/aromatic N) is 1. The topological polar surface area (TPSA) is 74.8 Å². The van der Waals surface area contributed by atoms with Gasteiger partial charge in [-0.25, -0.2) is 13.1 Å². The number of nitrogens with one attached hydrogen (secondary N) is 2. The highest BCUT2D eigenvalue weighted by atomic mass is 32.2. The van der Waals surface area contributed by atoms with Crippen LogP contribution in [0, 0.1) is 11.8 Å². The van der Waals surface area contributed by atoms with Gasteiger partial charge in [0.15, 0.2) is 0 Å². The quantitative estimate of drug-likeness (QED) is 0.793. The van der Waals surface area contributed by atoms with Crippen molar-refractivity contribution in [3.05, 3.63) is 12.4 Å². The maximum Gasteiger partial charge on any atom is 0.243 e. The van der Waals surface area contributed by atoms with E-state index in [0.717, 1.165) is 0 Å². The van der Waals surface area contributed by atoms with Crippen LogP contribution in [0.3, 0.4) is 0 Å². The molecule has 0 spiro atoms. The minimum Gasteiger partial charge on any atom is -0.284 e. The highest BCUT2D eigenvalue weighted by Crippen LogP contribution is 2.10. The van der Waals surface area contributed by atoms with E-state index < -0.39 is 10.0 Å². The van der Waals surface area contributed by atoms with E-state index in [1.54, 1.807) is 0 Å². The predicted octanol–water partition coefficient (Wildman–Crippen LogP) is 0.980. The van der Waals surface area contributed by atoms with Crippen molar-refractivity contribution >= 4 is 10.0 Å². The largest absolute Gasteiger partial charge is 0.284 e. The number of sulfonamides is 1. The van der Waals surface area contributed by atoms with E-state index in [9.17, 15) is 8.42 Å². The molecule has 0 aliphatic carbocycles. The smallest absolute Gasteiger partial charge is 0.243 e. The Morgan fingerprint density at radius 1 is 1.47 bits per heavy atom. The maximum absolute atomic E-state index is 11.6. The molecule has 0 aliphatic heterocycles. The van der Waals surface area contributed by atoms with Gasteiger partial charge in [-0.15, -0.1) is 0 Å². The van der Waals surface area contributed by atoms with Gasteiger partial charge in [-0.3, -0.25) is 5.10 Å². The highest BCUT2D eigenvalue weighted by molar-refractivity contribution is 7.89. The number of hydrogen-bond acceptors (Lipinski definition) is 3. The van der Waals surface area contributed by atoms with Gasteiger partial charge in [0.1, 0.15) is 4.90 Å². The number of aromatic amines is 1. The molecule has 1 aromatic heterocycles. The van der Waals surface area contributed by atoms with Crippen molar-refractivity contribution in [1.82, 2.24) is 14.9 Å².